The van der Waals surface area contributed by atoms with Crippen LogP contribution in [0.4, 0.5) is 11.4 Å². The Morgan fingerprint density at radius 2 is 2.00 bits per heavy atom. The average molecular weight is 363 g/mol. The van der Waals surface area contributed by atoms with E-state index in [9.17, 15) is 4.79 Å². The maximum absolute atomic E-state index is 11.9. The molecule has 1 amide bonds. The first-order valence-electron chi connectivity index (χ1n) is 5.74. The number of amides is 1. The van der Waals surface area contributed by atoms with Crippen molar-refractivity contribution in [3.63, 3.8) is 0 Å². The van der Waals surface area contributed by atoms with E-state index < -0.39 is 0 Å². The number of hydrogen-bond donors (Lipinski definition) is 2. The average Bonchev–Trinajstić information content (AvgIpc) is 2.42. The van der Waals surface area contributed by atoms with E-state index in [1.165, 1.54) is 30.1 Å². The zero-order valence-electron chi connectivity index (χ0n) is 10.6. The number of pyridine rings is 1. The van der Waals surface area contributed by atoms with Crippen LogP contribution < -0.4 is 11.1 Å². The summed E-state index contributed by atoms with van der Waals surface area (Å²) in [6.45, 7) is 0. The topological polar surface area (TPSA) is 68.0 Å². The summed E-state index contributed by atoms with van der Waals surface area (Å²) in [5.74, 6) is -0.0693. The number of halogens is 3. The first-order chi connectivity index (χ1) is 9.95. The molecule has 0 fully saturated rings. The van der Waals surface area contributed by atoms with Crippen LogP contribution in [-0.2, 0) is 4.79 Å². The summed E-state index contributed by atoms with van der Waals surface area (Å²) in [7, 11) is 0. The molecule has 0 radical (unpaired) electrons. The maximum Gasteiger partial charge on any atom is 0.234 e. The molecule has 0 atom stereocenters. The second-order valence-corrected chi connectivity index (χ2v) is 6.28. The van der Waals surface area contributed by atoms with Crippen molar-refractivity contribution in [1.29, 1.82) is 0 Å². The van der Waals surface area contributed by atoms with Crippen LogP contribution in [0.1, 0.15) is 0 Å². The van der Waals surface area contributed by atoms with Crippen molar-refractivity contribution < 1.29 is 4.79 Å². The van der Waals surface area contributed by atoms with Gasteiger partial charge in [0.05, 0.1) is 32.2 Å². The number of nitrogen functional groups attached to an aromatic ring is 1. The molecule has 0 aliphatic carbocycles. The highest BCUT2D eigenvalue weighted by atomic mass is 35.5. The van der Waals surface area contributed by atoms with E-state index in [2.05, 4.69) is 10.3 Å². The molecule has 110 valence electrons. The fraction of sp³-hybridized carbons (Fsp3) is 0.0769. The van der Waals surface area contributed by atoms with Crippen LogP contribution in [0, 0.1) is 0 Å². The van der Waals surface area contributed by atoms with Crippen molar-refractivity contribution in [2.45, 2.75) is 5.03 Å². The zero-order valence-corrected chi connectivity index (χ0v) is 13.7. The fourth-order valence-electron chi connectivity index (χ4n) is 1.49. The fourth-order valence-corrected chi connectivity index (χ4v) is 2.80. The van der Waals surface area contributed by atoms with Crippen molar-refractivity contribution in [3.8, 4) is 0 Å². The van der Waals surface area contributed by atoms with Crippen LogP contribution in [0.3, 0.4) is 0 Å². The molecule has 1 heterocycles. The molecule has 0 aliphatic heterocycles. The van der Waals surface area contributed by atoms with Gasteiger partial charge in [-0.05, 0) is 24.3 Å². The Labute approximate surface area is 141 Å². The van der Waals surface area contributed by atoms with Gasteiger partial charge in [-0.2, -0.15) is 0 Å². The third-order valence-electron chi connectivity index (χ3n) is 2.40. The van der Waals surface area contributed by atoms with Crippen molar-refractivity contribution in [3.05, 3.63) is 45.5 Å². The number of nitrogens with two attached hydrogens (primary N) is 1. The number of anilines is 2. The third-order valence-corrected chi connectivity index (χ3v) is 4.08. The second-order valence-electron chi connectivity index (χ2n) is 4.00. The molecule has 0 unspecified atom stereocenters. The summed E-state index contributed by atoms with van der Waals surface area (Å²) in [5, 5.41) is 4.61. The van der Waals surface area contributed by atoms with Gasteiger partial charge in [-0.1, -0.05) is 46.6 Å². The number of carbonyl (C=O) groups excluding carboxylic acids is 1. The molecule has 0 saturated carbocycles. The molecular weight excluding hydrogens is 353 g/mol. The van der Waals surface area contributed by atoms with Crippen LogP contribution in [0.25, 0.3) is 0 Å². The van der Waals surface area contributed by atoms with Gasteiger partial charge in [0.1, 0.15) is 0 Å². The standard InChI is InChI=1S/C13H10Cl3N3OS/c14-7-1-2-12(18-5-7)21-6-11(20)19-13-9(16)3-8(15)4-10(13)17/h1-5H,6,17H2,(H,19,20). The van der Waals surface area contributed by atoms with E-state index in [1.807, 2.05) is 0 Å². The van der Waals surface area contributed by atoms with Gasteiger partial charge < -0.3 is 11.1 Å². The van der Waals surface area contributed by atoms with Crippen LogP contribution in [0.5, 0.6) is 0 Å². The Kier molecular flexibility index (Phi) is 5.58. The van der Waals surface area contributed by atoms with Gasteiger partial charge in [0.25, 0.3) is 0 Å². The molecule has 0 aliphatic rings. The summed E-state index contributed by atoms with van der Waals surface area (Å²) < 4.78 is 0. The molecule has 1 aromatic carbocycles. The number of aromatic nitrogens is 1. The van der Waals surface area contributed by atoms with Crippen molar-refractivity contribution in [2.24, 2.45) is 0 Å². The normalized spacial score (nSPS) is 10.4. The lowest BCUT2D eigenvalue weighted by atomic mass is 10.2. The van der Waals surface area contributed by atoms with Crippen LogP contribution >= 0.6 is 46.6 Å². The highest BCUT2D eigenvalue weighted by molar-refractivity contribution is 7.99. The van der Waals surface area contributed by atoms with Crippen LogP contribution in [0.2, 0.25) is 15.1 Å². The smallest absolute Gasteiger partial charge is 0.234 e. The van der Waals surface area contributed by atoms with E-state index in [1.54, 1.807) is 12.1 Å². The lowest BCUT2D eigenvalue weighted by Gasteiger charge is -2.10. The van der Waals surface area contributed by atoms with Gasteiger partial charge in [0.15, 0.2) is 0 Å². The number of rotatable bonds is 4. The van der Waals surface area contributed by atoms with Gasteiger partial charge in [-0.3, -0.25) is 4.79 Å². The molecule has 2 rings (SSSR count). The van der Waals surface area contributed by atoms with Crippen molar-refractivity contribution >= 4 is 63.8 Å². The molecule has 0 saturated heterocycles. The third kappa shape index (κ3) is 4.68. The molecule has 21 heavy (non-hydrogen) atoms. The lowest BCUT2D eigenvalue weighted by Crippen LogP contribution is -2.15. The molecule has 8 heteroatoms. The maximum atomic E-state index is 11.9. The largest absolute Gasteiger partial charge is 0.397 e. The monoisotopic (exact) mass is 361 g/mol. The number of hydrogen-bond acceptors (Lipinski definition) is 4. The molecule has 0 bridgehead atoms. The number of carbonyl (C=O) groups is 1. The Bertz CT molecular complexity index is 641. The van der Waals surface area contributed by atoms with Crippen molar-refractivity contribution in [1.82, 2.24) is 4.98 Å². The van der Waals surface area contributed by atoms with E-state index in [0.29, 0.717) is 31.5 Å². The number of nitrogens with zero attached hydrogens (tertiary/aromatic N) is 1. The van der Waals surface area contributed by atoms with E-state index in [4.69, 9.17) is 40.5 Å². The molecule has 1 aromatic heterocycles. The quantitative estimate of drug-likeness (QED) is 0.626. The molecule has 0 spiro atoms. The number of benzene rings is 1. The highest BCUT2D eigenvalue weighted by Crippen LogP contribution is 2.32. The first-order valence-corrected chi connectivity index (χ1v) is 7.86. The number of nitrogens with one attached hydrogen (secondary N) is 1. The van der Waals surface area contributed by atoms with Gasteiger partial charge in [-0.15, -0.1) is 0 Å². The van der Waals surface area contributed by atoms with Crippen LogP contribution in [0.15, 0.2) is 35.5 Å². The van der Waals surface area contributed by atoms with E-state index >= 15 is 0 Å². The second kappa shape index (κ2) is 7.22. The minimum atomic E-state index is -0.243. The number of thioether (sulfide) groups is 1. The summed E-state index contributed by atoms with van der Waals surface area (Å²) in [6, 6.07) is 6.49. The first kappa shape index (κ1) is 16.2. The zero-order chi connectivity index (χ0) is 15.4. The van der Waals surface area contributed by atoms with E-state index in [-0.39, 0.29) is 11.7 Å². The van der Waals surface area contributed by atoms with Gasteiger partial charge in [0.2, 0.25) is 5.91 Å². The minimum Gasteiger partial charge on any atom is -0.397 e. The van der Waals surface area contributed by atoms with Gasteiger partial charge in [-0.25, -0.2) is 4.98 Å². The van der Waals surface area contributed by atoms with E-state index in [0.717, 1.165) is 0 Å². The predicted molar refractivity (Wildman–Crippen MR) is 89.5 cm³/mol. The molecule has 4 nitrogen and oxygen atoms in total. The molecular formula is C13H10Cl3N3OS. The summed E-state index contributed by atoms with van der Waals surface area (Å²) in [6.07, 6.45) is 1.52. The molecule has 2 aromatic rings. The van der Waals surface area contributed by atoms with Crippen molar-refractivity contribution in [2.75, 3.05) is 16.8 Å². The highest BCUT2D eigenvalue weighted by Gasteiger charge is 2.11. The Morgan fingerprint density at radius 1 is 1.24 bits per heavy atom. The van der Waals surface area contributed by atoms with Gasteiger partial charge >= 0.3 is 0 Å². The Morgan fingerprint density at radius 3 is 2.62 bits per heavy atom. The summed E-state index contributed by atoms with van der Waals surface area (Å²) in [5.41, 5.74) is 6.45. The molecule has 3 N–H and O–H groups in total. The van der Waals surface area contributed by atoms with Crippen LogP contribution in [-0.4, -0.2) is 16.6 Å². The summed E-state index contributed by atoms with van der Waals surface area (Å²) >= 11 is 18.8. The Hall–Kier alpha value is -1.14. The SMILES string of the molecule is Nc1cc(Cl)cc(Cl)c1NC(=O)CSc1ccc(Cl)cn1. The van der Waals surface area contributed by atoms with Gasteiger partial charge in [0, 0.05) is 11.2 Å². The predicted octanol–water partition coefficient (Wildman–Crippen LogP) is 4.35. The Balaban J connectivity index is 1.97. The minimum absolute atomic E-state index is 0.174. The lowest BCUT2D eigenvalue weighted by molar-refractivity contribution is -0.113. The summed E-state index contributed by atoms with van der Waals surface area (Å²) in [4.78, 5) is 16.0.